The number of carbonyl (C=O) groups excluding carboxylic acids is 6. The highest BCUT2D eigenvalue weighted by Gasteiger charge is 2.18. The zero-order valence-electron chi connectivity index (χ0n) is 25.1. The number of methoxy groups -OCH3 is 2. The van der Waals surface area contributed by atoms with Crippen LogP contribution in [0, 0.1) is 0 Å². The van der Waals surface area contributed by atoms with Crippen LogP contribution in [0.15, 0.2) is 67.0 Å². The summed E-state index contributed by atoms with van der Waals surface area (Å²) in [4.78, 5) is 72.0. The first-order valence-corrected chi connectivity index (χ1v) is 13.9. The van der Waals surface area contributed by atoms with E-state index in [1.165, 1.54) is 63.5 Å². The van der Waals surface area contributed by atoms with Gasteiger partial charge in [0.1, 0.15) is 25.1 Å². The molecule has 47 heavy (non-hydrogen) atoms. The van der Waals surface area contributed by atoms with E-state index >= 15 is 0 Å². The number of amides is 6. The minimum absolute atomic E-state index is 0.0152. The number of ether oxygens (including phenoxy) is 2. The van der Waals surface area contributed by atoms with Crippen molar-refractivity contribution in [1.29, 1.82) is 0 Å². The highest BCUT2D eigenvalue weighted by atomic mass is 16.5. The van der Waals surface area contributed by atoms with E-state index in [1.807, 2.05) is 0 Å². The van der Waals surface area contributed by atoms with Gasteiger partial charge < -0.3 is 48.4 Å². The zero-order chi connectivity index (χ0) is 33.8. The second kappa shape index (κ2) is 16.0. The normalized spacial score (nSPS) is 10.4. The van der Waals surface area contributed by atoms with Gasteiger partial charge in [0.2, 0.25) is 0 Å². The van der Waals surface area contributed by atoms with Crippen LogP contribution in [0.4, 0.5) is 32.3 Å². The number of hydrogen-bond acceptors (Lipinski definition) is 12. The SMILES string of the molecule is COC(=O)Nc1coc(C(=O)Nc2coc(C(=O)NCCCCCNC(=O)c3cc(NC(=O)c4cc(NC(=O)OC)co4)co3)c2)c1. The Balaban J connectivity index is 1.09. The molecule has 0 radical (unpaired) electrons. The summed E-state index contributed by atoms with van der Waals surface area (Å²) in [5.74, 6) is -2.42. The molecule has 0 bridgehead atoms. The molecule has 4 aromatic heterocycles. The lowest BCUT2D eigenvalue weighted by Gasteiger charge is -2.04. The lowest BCUT2D eigenvalue weighted by molar-refractivity contribution is 0.0920. The zero-order valence-corrected chi connectivity index (χ0v) is 25.1. The van der Waals surface area contributed by atoms with Crippen LogP contribution in [0.25, 0.3) is 0 Å². The molecule has 18 heteroatoms. The largest absolute Gasteiger partial charge is 0.457 e. The fourth-order valence-electron chi connectivity index (χ4n) is 3.81. The minimum Gasteiger partial charge on any atom is -0.457 e. The van der Waals surface area contributed by atoms with Crippen molar-refractivity contribution in [3.8, 4) is 0 Å². The maximum atomic E-state index is 12.4. The molecule has 0 aliphatic heterocycles. The van der Waals surface area contributed by atoms with E-state index < -0.39 is 35.8 Å². The van der Waals surface area contributed by atoms with Crippen LogP contribution in [0.5, 0.6) is 0 Å². The summed E-state index contributed by atoms with van der Waals surface area (Å²) in [6.07, 6.45) is 5.21. The molecule has 6 N–H and O–H groups in total. The maximum Gasteiger partial charge on any atom is 0.411 e. The average molecular weight is 655 g/mol. The van der Waals surface area contributed by atoms with E-state index in [-0.39, 0.29) is 45.8 Å². The summed E-state index contributed by atoms with van der Waals surface area (Å²) in [6.45, 7) is 0.684. The van der Waals surface area contributed by atoms with Gasteiger partial charge in [0.15, 0.2) is 23.0 Å². The van der Waals surface area contributed by atoms with Gasteiger partial charge in [0.05, 0.1) is 37.0 Å². The molecule has 0 aliphatic carbocycles. The third-order valence-corrected chi connectivity index (χ3v) is 6.10. The van der Waals surface area contributed by atoms with E-state index in [1.54, 1.807) is 0 Å². The Kier molecular flexibility index (Phi) is 11.4. The fourth-order valence-corrected chi connectivity index (χ4v) is 3.81. The summed E-state index contributed by atoms with van der Waals surface area (Å²) in [5.41, 5.74) is 0.903. The number of furan rings is 4. The van der Waals surface area contributed by atoms with E-state index in [0.29, 0.717) is 32.4 Å². The van der Waals surface area contributed by atoms with Crippen LogP contribution in [0.2, 0.25) is 0 Å². The average Bonchev–Trinajstić information content (AvgIpc) is 3.88. The standard InChI is InChI=1S/C29H30N6O12/c1-42-28(40)34-18-10-22(46-14-18)26(38)32-16-8-20(44-12-16)24(36)30-6-4-3-5-7-31-25(37)21-9-17(13-45-21)33-27(39)23-11-19(15-47-23)35-29(41)43-2/h8-15H,3-7H2,1-2H3,(H,30,36)(H,31,37)(H,32,38)(H,33,39)(H,34,40)(H,35,41). The molecule has 18 nitrogen and oxygen atoms in total. The van der Waals surface area contributed by atoms with Gasteiger partial charge in [-0.2, -0.15) is 0 Å². The minimum atomic E-state index is -0.721. The van der Waals surface area contributed by atoms with E-state index in [9.17, 15) is 28.8 Å². The van der Waals surface area contributed by atoms with E-state index in [0.717, 1.165) is 0 Å². The fraction of sp³-hybridized carbons (Fsp3) is 0.241. The van der Waals surface area contributed by atoms with Gasteiger partial charge >= 0.3 is 12.2 Å². The molecule has 0 aliphatic rings. The molecule has 0 aromatic carbocycles. The van der Waals surface area contributed by atoms with Crippen molar-refractivity contribution in [2.24, 2.45) is 0 Å². The number of anilines is 4. The second-order valence-corrected chi connectivity index (χ2v) is 9.51. The Hall–Kier alpha value is -6.46. The second-order valence-electron chi connectivity index (χ2n) is 9.51. The van der Waals surface area contributed by atoms with Crippen LogP contribution in [0.1, 0.15) is 61.5 Å². The molecule has 4 rings (SSSR count). The van der Waals surface area contributed by atoms with Crippen molar-refractivity contribution in [3.05, 3.63) is 72.4 Å². The smallest absolute Gasteiger partial charge is 0.411 e. The first-order valence-electron chi connectivity index (χ1n) is 13.9. The predicted molar refractivity (Wildman–Crippen MR) is 161 cm³/mol. The lowest BCUT2D eigenvalue weighted by atomic mass is 10.2. The van der Waals surface area contributed by atoms with Crippen molar-refractivity contribution in [1.82, 2.24) is 10.6 Å². The third-order valence-electron chi connectivity index (χ3n) is 6.10. The van der Waals surface area contributed by atoms with Crippen LogP contribution >= 0.6 is 0 Å². The Morgan fingerprint density at radius 3 is 1.15 bits per heavy atom. The number of rotatable bonds is 14. The summed E-state index contributed by atoms with van der Waals surface area (Å²) >= 11 is 0. The highest BCUT2D eigenvalue weighted by Crippen LogP contribution is 2.19. The first-order chi connectivity index (χ1) is 22.6. The monoisotopic (exact) mass is 654 g/mol. The number of unbranched alkanes of at least 4 members (excludes halogenated alkanes) is 2. The molecule has 0 saturated heterocycles. The van der Waals surface area contributed by atoms with E-state index in [2.05, 4.69) is 41.4 Å². The maximum absolute atomic E-state index is 12.4. The molecular weight excluding hydrogens is 624 g/mol. The summed E-state index contributed by atoms with van der Waals surface area (Å²) in [6, 6.07) is 5.30. The van der Waals surface area contributed by atoms with Crippen molar-refractivity contribution in [3.63, 3.8) is 0 Å². The Morgan fingerprint density at radius 1 is 0.489 bits per heavy atom. The molecular formula is C29H30N6O12. The van der Waals surface area contributed by atoms with Crippen LogP contribution in [-0.4, -0.2) is 63.1 Å². The van der Waals surface area contributed by atoms with Crippen molar-refractivity contribution in [2.45, 2.75) is 19.3 Å². The molecule has 0 unspecified atom stereocenters. The van der Waals surface area contributed by atoms with Crippen LogP contribution in [0.3, 0.4) is 0 Å². The quantitative estimate of drug-likeness (QED) is 0.104. The van der Waals surface area contributed by atoms with Crippen LogP contribution < -0.4 is 31.9 Å². The predicted octanol–water partition coefficient (Wildman–Crippen LogP) is 4.25. The molecule has 4 heterocycles. The van der Waals surface area contributed by atoms with Crippen LogP contribution in [-0.2, 0) is 9.47 Å². The number of nitrogens with one attached hydrogen (secondary N) is 6. The Morgan fingerprint density at radius 2 is 0.809 bits per heavy atom. The van der Waals surface area contributed by atoms with Gasteiger partial charge in [-0.15, -0.1) is 0 Å². The first kappa shape index (κ1) is 33.4. The van der Waals surface area contributed by atoms with Gasteiger partial charge in [-0.05, 0) is 19.3 Å². The topological polar surface area (TPSA) is 246 Å². The number of carbonyl (C=O) groups is 6. The van der Waals surface area contributed by atoms with Gasteiger partial charge in [0.25, 0.3) is 23.6 Å². The van der Waals surface area contributed by atoms with Gasteiger partial charge in [-0.25, -0.2) is 9.59 Å². The lowest BCUT2D eigenvalue weighted by Crippen LogP contribution is -2.25. The molecule has 6 amide bonds. The van der Waals surface area contributed by atoms with Gasteiger partial charge in [0, 0.05) is 37.4 Å². The summed E-state index contributed by atoms with van der Waals surface area (Å²) < 4.78 is 29.6. The molecule has 0 atom stereocenters. The van der Waals surface area contributed by atoms with Gasteiger partial charge in [-0.1, -0.05) is 0 Å². The third kappa shape index (κ3) is 9.76. The summed E-state index contributed by atoms with van der Waals surface area (Å²) in [5, 5.41) is 15.2. The van der Waals surface area contributed by atoms with Crippen molar-refractivity contribution in [2.75, 3.05) is 48.6 Å². The summed E-state index contributed by atoms with van der Waals surface area (Å²) in [7, 11) is 2.39. The molecule has 0 fully saturated rings. The molecule has 4 aromatic rings. The molecule has 248 valence electrons. The van der Waals surface area contributed by atoms with Crippen molar-refractivity contribution >= 4 is 58.6 Å². The van der Waals surface area contributed by atoms with Gasteiger partial charge in [-0.3, -0.25) is 29.8 Å². The molecule has 0 saturated carbocycles. The molecule has 0 spiro atoms. The van der Waals surface area contributed by atoms with Crippen molar-refractivity contribution < 1.29 is 55.9 Å². The highest BCUT2D eigenvalue weighted by molar-refractivity contribution is 6.05. The number of hydrogen-bond donors (Lipinski definition) is 6. The van der Waals surface area contributed by atoms with E-state index in [4.69, 9.17) is 17.7 Å². The Labute approximate surface area is 265 Å². The Bertz CT molecular complexity index is 1610.